The van der Waals surface area contributed by atoms with Gasteiger partial charge in [0.2, 0.25) is 12.7 Å². The molecule has 0 spiro atoms. The topological polar surface area (TPSA) is 107 Å². The van der Waals surface area contributed by atoms with E-state index in [1.54, 1.807) is 18.2 Å². The van der Waals surface area contributed by atoms with E-state index >= 15 is 0 Å². The van der Waals surface area contributed by atoms with Crippen LogP contribution in [-0.4, -0.2) is 39.1 Å². The molecule has 0 fully saturated rings. The lowest BCUT2D eigenvalue weighted by atomic mass is 10.3. The highest BCUT2D eigenvalue weighted by Crippen LogP contribution is 2.34. The molecule has 3 aromatic rings. The van der Waals surface area contributed by atoms with Crippen LogP contribution in [0.5, 0.6) is 11.5 Å². The van der Waals surface area contributed by atoms with Gasteiger partial charge in [-0.3, -0.25) is 14.5 Å². The number of amides is 3. The van der Waals surface area contributed by atoms with E-state index in [9.17, 15) is 22.8 Å². The molecule has 3 heterocycles. The number of pyridine rings is 1. The van der Waals surface area contributed by atoms with Gasteiger partial charge in [-0.05, 0) is 18.2 Å². The van der Waals surface area contributed by atoms with Crippen molar-refractivity contribution in [1.82, 2.24) is 19.9 Å². The van der Waals surface area contributed by atoms with Gasteiger partial charge in [0.1, 0.15) is 0 Å². The van der Waals surface area contributed by atoms with Crippen LogP contribution in [0.4, 0.5) is 23.7 Å². The minimum absolute atomic E-state index is 0.0646. The number of benzene rings is 1. The van der Waals surface area contributed by atoms with Crippen molar-refractivity contribution in [3.05, 3.63) is 41.0 Å². The molecule has 0 bridgehead atoms. The Morgan fingerprint density at radius 3 is 2.75 bits per heavy atom. The van der Waals surface area contributed by atoms with Gasteiger partial charge in [0.05, 0.1) is 10.6 Å². The van der Waals surface area contributed by atoms with Gasteiger partial charge in [-0.15, -0.1) is 10.2 Å². The molecular formula is C18H13ClF3N5O4S. The van der Waals surface area contributed by atoms with E-state index in [2.05, 4.69) is 20.8 Å². The number of urea groups is 1. The van der Waals surface area contributed by atoms with Crippen molar-refractivity contribution < 1.29 is 32.2 Å². The zero-order chi connectivity index (χ0) is 22.9. The van der Waals surface area contributed by atoms with Gasteiger partial charge in [0.25, 0.3) is 0 Å². The molecule has 0 aliphatic carbocycles. The van der Waals surface area contributed by atoms with Crippen LogP contribution in [0.25, 0.3) is 5.65 Å². The summed E-state index contributed by atoms with van der Waals surface area (Å²) >= 11 is 6.86. The number of thioether (sulfide) groups is 1. The maximum absolute atomic E-state index is 13.0. The molecule has 3 amide bonds. The normalized spacial score (nSPS) is 12.8. The second-order valence-corrected chi connectivity index (χ2v) is 7.89. The molecule has 1 aromatic carbocycles. The van der Waals surface area contributed by atoms with Crippen molar-refractivity contribution in [2.75, 3.05) is 17.9 Å². The number of hydrogen-bond acceptors (Lipinski definition) is 7. The van der Waals surface area contributed by atoms with Gasteiger partial charge < -0.3 is 14.8 Å². The maximum Gasteiger partial charge on any atom is 0.417 e. The zero-order valence-electron chi connectivity index (χ0n) is 15.9. The van der Waals surface area contributed by atoms with E-state index in [-0.39, 0.29) is 34.8 Å². The average Bonchev–Trinajstić information content (AvgIpc) is 3.34. The first-order valence-electron chi connectivity index (χ1n) is 8.95. The third kappa shape index (κ3) is 4.83. The molecule has 0 radical (unpaired) electrons. The monoisotopic (exact) mass is 487 g/mol. The standard InChI is InChI=1S/C18H13ClF3N5O4S/c19-11-5-9(18(20,21)22)7-27-15(11)25-26-17(27)32-4-3-14(28)24-16(29)23-10-1-2-12-13(6-10)31-8-30-12/h1-2,5-7H,3-4,8H2,(H2,23,24,28,29). The number of nitrogens with one attached hydrogen (secondary N) is 2. The lowest BCUT2D eigenvalue weighted by molar-refractivity contribution is -0.137. The predicted octanol–water partition coefficient (Wildman–Crippen LogP) is 3.96. The van der Waals surface area contributed by atoms with E-state index in [1.165, 1.54) is 0 Å². The first-order valence-corrected chi connectivity index (χ1v) is 10.3. The fourth-order valence-electron chi connectivity index (χ4n) is 2.75. The molecule has 0 unspecified atom stereocenters. The van der Waals surface area contributed by atoms with Gasteiger partial charge in [-0.25, -0.2) is 4.79 Å². The number of carbonyl (C=O) groups is 2. The Kier molecular flexibility index (Phi) is 6.02. The van der Waals surface area contributed by atoms with Crippen LogP contribution in [0.3, 0.4) is 0 Å². The molecule has 1 aliphatic rings. The molecule has 2 aromatic heterocycles. The fraction of sp³-hybridized carbons (Fsp3) is 0.222. The Morgan fingerprint density at radius 1 is 1.19 bits per heavy atom. The van der Waals surface area contributed by atoms with E-state index in [0.29, 0.717) is 17.2 Å². The van der Waals surface area contributed by atoms with E-state index < -0.39 is 23.7 Å². The van der Waals surface area contributed by atoms with Crippen LogP contribution >= 0.6 is 23.4 Å². The number of nitrogens with zero attached hydrogens (tertiary/aromatic N) is 3. The SMILES string of the molecule is O=C(CCSc1nnc2c(Cl)cc(C(F)(F)F)cn12)NC(=O)Nc1ccc2c(c1)OCO2. The first-order chi connectivity index (χ1) is 15.2. The Labute approximate surface area is 187 Å². The summed E-state index contributed by atoms with van der Waals surface area (Å²) in [7, 11) is 0. The molecule has 1 aliphatic heterocycles. The van der Waals surface area contributed by atoms with Crippen LogP contribution in [0.2, 0.25) is 5.02 Å². The Balaban J connectivity index is 1.31. The van der Waals surface area contributed by atoms with Gasteiger partial charge in [-0.1, -0.05) is 23.4 Å². The summed E-state index contributed by atoms with van der Waals surface area (Å²) in [6, 6.07) is 4.79. The second-order valence-electron chi connectivity index (χ2n) is 6.42. The quantitative estimate of drug-likeness (QED) is 0.524. The summed E-state index contributed by atoms with van der Waals surface area (Å²) in [5.74, 6) is 0.574. The number of ether oxygens (including phenoxy) is 2. The van der Waals surface area contributed by atoms with Crippen LogP contribution < -0.4 is 20.1 Å². The molecule has 9 nitrogen and oxygen atoms in total. The summed E-state index contributed by atoms with van der Waals surface area (Å²) < 4.78 is 50.5. The van der Waals surface area contributed by atoms with E-state index in [4.69, 9.17) is 21.1 Å². The summed E-state index contributed by atoms with van der Waals surface area (Å²) in [4.78, 5) is 24.0. The second kappa shape index (κ2) is 8.74. The Hall–Kier alpha value is -3.19. The minimum atomic E-state index is -4.59. The molecule has 2 N–H and O–H groups in total. The molecular weight excluding hydrogens is 475 g/mol. The molecule has 168 valence electrons. The summed E-state index contributed by atoms with van der Waals surface area (Å²) in [6.07, 6.45) is -3.85. The van der Waals surface area contributed by atoms with Crippen molar-refractivity contribution >= 4 is 46.6 Å². The predicted molar refractivity (Wildman–Crippen MR) is 108 cm³/mol. The lowest BCUT2D eigenvalue weighted by Crippen LogP contribution is -2.34. The van der Waals surface area contributed by atoms with Crippen molar-refractivity contribution in [2.24, 2.45) is 0 Å². The number of hydrogen-bond donors (Lipinski definition) is 2. The molecule has 4 rings (SSSR count). The number of carbonyl (C=O) groups excluding carboxylic acids is 2. The summed E-state index contributed by atoms with van der Waals surface area (Å²) in [5, 5.41) is 12.2. The third-order valence-corrected chi connectivity index (χ3v) is 5.42. The van der Waals surface area contributed by atoms with Crippen molar-refractivity contribution in [3.63, 3.8) is 0 Å². The largest absolute Gasteiger partial charge is 0.454 e. The van der Waals surface area contributed by atoms with Crippen LogP contribution in [-0.2, 0) is 11.0 Å². The summed E-state index contributed by atoms with van der Waals surface area (Å²) in [6.45, 7) is 0.0895. The number of imide groups is 1. The number of anilines is 1. The van der Waals surface area contributed by atoms with Crippen molar-refractivity contribution in [3.8, 4) is 11.5 Å². The zero-order valence-corrected chi connectivity index (χ0v) is 17.5. The number of halogens is 4. The highest BCUT2D eigenvalue weighted by atomic mass is 35.5. The van der Waals surface area contributed by atoms with E-state index in [1.807, 2.05) is 0 Å². The molecule has 0 saturated carbocycles. The summed E-state index contributed by atoms with van der Waals surface area (Å²) in [5.41, 5.74) is -0.481. The first kappa shape index (κ1) is 22.0. The maximum atomic E-state index is 13.0. The van der Waals surface area contributed by atoms with Crippen LogP contribution in [0, 0.1) is 0 Å². The van der Waals surface area contributed by atoms with Crippen molar-refractivity contribution in [1.29, 1.82) is 0 Å². The molecule has 0 saturated heterocycles. The Bertz CT molecular complexity index is 1200. The van der Waals surface area contributed by atoms with Crippen LogP contribution in [0.1, 0.15) is 12.0 Å². The number of fused-ring (bicyclic) bond motifs is 2. The van der Waals surface area contributed by atoms with Crippen molar-refractivity contribution in [2.45, 2.75) is 17.8 Å². The van der Waals surface area contributed by atoms with Crippen LogP contribution in [0.15, 0.2) is 35.6 Å². The van der Waals surface area contributed by atoms with Gasteiger partial charge in [0, 0.05) is 30.1 Å². The molecule has 14 heteroatoms. The number of rotatable bonds is 5. The molecule has 32 heavy (non-hydrogen) atoms. The number of aromatic nitrogens is 3. The highest BCUT2D eigenvalue weighted by Gasteiger charge is 2.32. The number of alkyl halides is 3. The Morgan fingerprint density at radius 2 is 1.97 bits per heavy atom. The van der Waals surface area contributed by atoms with Gasteiger partial charge >= 0.3 is 12.2 Å². The minimum Gasteiger partial charge on any atom is -0.454 e. The van der Waals surface area contributed by atoms with Gasteiger partial charge in [0.15, 0.2) is 22.3 Å². The average molecular weight is 488 g/mol. The van der Waals surface area contributed by atoms with E-state index in [0.717, 1.165) is 28.4 Å². The highest BCUT2D eigenvalue weighted by molar-refractivity contribution is 7.99. The lowest BCUT2D eigenvalue weighted by Gasteiger charge is -2.09. The third-order valence-electron chi connectivity index (χ3n) is 4.20. The fourth-order valence-corrected chi connectivity index (χ4v) is 3.84. The molecule has 0 atom stereocenters. The smallest absolute Gasteiger partial charge is 0.417 e. The van der Waals surface area contributed by atoms with Gasteiger partial charge in [-0.2, -0.15) is 13.2 Å².